The summed E-state index contributed by atoms with van der Waals surface area (Å²) < 4.78 is 18.3. The Hall–Kier alpha value is -2.20. The van der Waals surface area contributed by atoms with Crippen molar-refractivity contribution >= 4 is 11.3 Å². The molecular weight excluding hydrogens is 273 g/mol. The highest BCUT2D eigenvalue weighted by molar-refractivity contribution is 7.18. The minimum Gasteiger partial charge on any atom is -0.497 e. The molecule has 20 heavy (non-hydrogen) atoms. The van der Waals surface area contributed by atoms with Crippen LogP contribution in [0.4, 0.5) is 4.39 Å². The number of hydrogen-bond acceptors (Lipinski definition) is 3. The average Bonchev–Trinajstić information content (AvgIpc) is 2.97. The van der Waals surface area contributed by atoms with E-state index in [0.717, 1.165) is 26.6 Å². The Morgan fingerprint density at radius 2 is 1.65 bits per heavy atom. The molecule has 2 aromatic heterocycles. The van der Waals surface area contributed by atoms with E-state index in [1.165, 1.54) is 12.3 Å². The van der Waals surface area contributed by atoms with Crippen molar-refractivity contribution in [3.63, 3.8) is 0 Å². The molecule has 3 rings (SSSR count). The van der Waals surface area contributed by atoms with Crippen LogP contribution < -0.4 is 4.74 Å². The molecule has 0 aliphatic rings. The second-order valence-corrected chi connectivity index (χ2v) is 5.34. The lowest BCUT2D eigenvalue weighted by molar-refractivity contribution is 0.415. The SMILES string of the molecule is COc1ccc(-c2ccc(-c3ccnc(F)c3)s2)cc1. The fourth-order valence-electron chi connectivity index (χ4n) is 1.96. The number of benzene rings is 1. The van der Waals surface area contributed by atoms with E-state index in [1.54, 1.807) is 18.4 Å². The van der Waals surface area contributed by atoms with Gasteiger partial charge in [0, 0.05) is 22.0 Å². The smallest absolute Gasteiger partial charge is 0.213 e. The van der Waals surface area contributed by atoms with E-state index in [2.05, 4.69) is 4.98 Å². The Kier molecular flexibility index (Phi) is 3.48. The van der Waals surface area contributed by atoms with E-state index < -0.39 is 5.95 Å². The van der Waals surface area contributed by atoms with Crippen LogP contribution >= 0.6 is 11.3 Å². The lowest BCUT2D eigenvalue weighted by Gasteiger charge is -2.01. The largest absolute Gasteiger partial charge is 0.497 e. The standard InChI is InChI=1S/C16H12FNOS/c1-19-13-4-2-11(3-5-13)14-6-7-15(20-14)12-8-9-18-16(17)10-12/h2-10H,1H3. The van der Waals surface area contributed by atoms with Crippen LogP contribution in [0.25, 0.3) is 20.9 Å². The molecule has 0 saturated carbocycles. The highest BCUT2D eigenvalue weighted by Crippen LogP contribution is 2.34. The Bertz CT molecular complexity index is 721. The Morgan fingerprint density at radius 3 is 2.30 bits per heavy atom. The normalized spacial score (nSPS) is 10.5. The van der Waals surface area contributed by atoms with Gasteiger partial charge < -0.3 is 4.74 Å². The number of aromatic nitrogens is 1. The summed E-state index contributed by atoms with van der Waals surface area (Å²) in [5.41, 5.74) is 1.97. The molecule has 0 fully saturated rings. The number of methoxy groups -OCH3 is 1. The molecule has 3 aromatic rings. The monoisotopic (exact) mass is 285 g/mol. The molecule has 0 aliphatic carbocycles. The molecule has 0 bridgehead atoms. The summed E-state index contributed by atoms with van der Waals surface area (Å²) >= 11 is 1.63. The summed E-state index contributed by atoms with van der Waals surface area (Å²) in [6, 6.07) is 15.2. The third-order valence-corrected chi connectivity index (χ3v) is 4.18. The number of hydrogen-bond donors (Lipinski definition) is 0. The summed E-state index contributed by atoms with van der Waals surface area (Å²) in [5.74, 6) is 0.378. The first-order valence-corrected chi connectivity index (χ1v) is 6.94. The molecule has 1 aromatic carbocycles. The third kappa shape index (κ3) is 2.56. The molecule has 0 N–H and O–H groups in total. The molecule has 4 heteroatoms. The first-order chi connectivity index (χ1) is 9.76. The number of thiophene rings is 1. The fourth-order valence-corrected chi connectivity index (χ4v) is 2.97. The summed E-state index contributed by atoms with van der Waals surface area (Å²) in [6.45, 7) is 0. The Balaban J connectivity index is 1.93. The van der Waals surface area contributed by atoms with Crippen LogP contribution in [0.1, 0.15) is 0 Å². The molecule has 0 spiro atoms. The van der Waals surface area contributed by atoms with E-state index in [0.29, 0.717) is 0 Å². The van der Waals surface area contributed by atoms with Gasteiger partial charge in [-0.05, 0) is 53.6 Å². The molecule has 0 amide bonds. The van der Waals surface area contributed by atoms with Crippen molar-refractivity contribution < 1.29 is 9.13 Å². The van der Waals surface area contributed by atoms with E-state index >= 15 is 0 Å². The number of rotatable bonds is 3. The van der Waals surface area contributed by atoms with Crippen LogP contribution in [0.15, 0.2) is 54.7 Å². The Labute approximate surface area is 120 Å². The van der Waals surface area contributed by atoms with Crippen molar-refractivity contribution in [3.05, 3.63) is 60.7 Å². The van der Waals surface area contributed by atoms with Crippen molar-refractivity contribution in [2.45, 2.75) is 0 Å². The van der Waals surface area contributed by atoms with Crippen LogP contribution in [0, 0.1) is 5.95 Å². The van der Waals surface area contributed by atoms with Gasteiger partial charge in [-0.1, -0.05) is 0 Å². The number of ether oxygens (including phenoxy) is 1. The molecule has 2 nitrogen and oxygen atoms in total. The maximum Gasteiger partial charge on any atom is 0.213 e. The number of halogens is 1. The fraction of sp³-hybridized carbons (Fsp3) is 0.0625. The molecule has 0 saturated heterocycles. The quantitative estimate of drug-likeness (QED) is 0.655. The molecule has 100 valence electrons. The highest BCUT2D eigenvalue weighted by atomic mass is 32.1. The van der Waals surface area contributed by atoms with Gasteiger partial charge in [-0.15, -0.1) is 11.3 Å². The molecular formula is C16H12FNOS. The van der Waals surface area contributed by atoms with Gasteiger partial charge in [-0.3, -0.25) is 0 Å². The van der Waals surface area contributed by atoms with Crippen molar-refractivity contribution in [1.82, 2.24) is 4.98 Å². The summed E-state index contributed by atoms with van der Waals surface area (Å²) in [7, 11) is 1.65. The van der Waals surface area contributed by atoms with Gasteiger partial charge in [0.1, 0.15) is 5.75 Å². The van der Waals surface area contributed by atoms with Gasteiger partial charge in [0.25, 0.3) is 0 Å². The van der Waals surface area contributed by atoms with E-state index in [9.17, 15) is 4.39 Å². The summed E-state index contributed by atoms with van der Waals surface area (Å²) in [5, 5.41) is 0. The molecule has 2 heterocycles. The predicted molar refractivity (Wildman–Crippen MR) is 79.5 cm³/mol. The van der Waals surface area contributed by atoms with Gasteiger partial charge in [0.05, 0.1) is 7.11 Å². The zero-order valence-electron chi connectivity index (χ0n) is 10.8. The van der Waals surface area contributed by atoms with Gasteiger partial charge in [0.15, 0.2) is 0 Å². The predicted octanol–water partition coefficient (Wildman–Crippen LogP) is 4.62. The third-order valence-electron chi connectivity index (χ3n) is 2.99. The average molecular weight is 285 g/mol. The van der Waals surface area contributed by atoms with Crippen molar-refractivity contribution in [1.29, 1.82) is 0 Å². The maximum atomic E-state index is 13.1. The molecule has 0 radical (unpaired) electrons. The highest BCUT2D eigenvalue weighted by Gasteiger charge is 2.06. The van der Waals surface area contributed by atoms with Gasteiger partial charge in [-0.25, -0.2) is 4.98 Å². The van der Waals surface area contributed by atoms with Gasteiger partial charge in [-0.2, -0.15) is 4.39 Å². The topological polar surface area (TPSA) is 22.1 Å². The lowest BCUT2D eigenvalue weighted by atomic mass is 10.2. The number of pyridine rings is 1. The summed E-state index contributed by atoms with van der Waals surface area (Å²) in [4.78, 5) is 5.74. The van der Waals surface area contributed by atoms with Gasteiger partial charge in [0.2, 0.25) is 5.95 Å². The minimum atomic E-state index is -0.457. The Morgan fingerprint density at radius 1 is 0.950 bits per heavy atom. The van der Waals surface area contributed by atoms with Crippen LogP contribution in [0.2, 0.25) is 0 Å². The van der Waals surface area contributed by atoms with Crippen molar-refractivity contribution in [3.8, 4) is 26.6 Å². The van der Waals surface area contributed by atoms with E-state index in [4.69, 9.17) is 4.74 Å². The minimum absolute atomic E-state index is 0.457. The van der Waals surface area contributed by atoms with Crippen LogP contribution in [-0.4, -0.2) is 12.1 Å². The first kappa shape index (κ1) is 12.8. The lowest BCUT2D eigenvalue weighted by Crippen LogP contribution is -1.81. The maximum absolute atomic E-state index is 13.1. The molecule has 0 atom stereocenters. The van der Waals surface area contributed by atoms with Crippen LogP contribution in [0.5, 0.6) is 5.75 Å². The van der Waals surface area contributed by atoms with Crippen molar-refractivity contribution in [2.75, 3.05) is 7.11 Å². The van der Waals surface area contributed by atoms with Gasteiger partial charge >= 0.3 is 0 Å². The molecule has 0 unspecified atom stereocenters. The van der Waals surface area contributed by atoms with Crippen molar-refractivity contribution in [2.24, 2.45) is 0 Å². The second kappa shape index (κ2) is 5.43. The second-order valence-electron chi connectivity index (χ2n) is 4.26. The summed E-state index contributed by atoms with van der Waals surface area (Å²) in [6.07, 6.45) is 1.48. The number of nitrogens with zero attached hydrogens (tertiary/aromatic N) is 1. The van der Waals surface area contributed by atoms with E-state index in [1.807, 2.05) is 42.5 Å². The molecule has 0 aliphatic heterocycles. The zero-order valence-corrected chi connectivity index (χ0v) is 11.7. The van der Waals surface area contributed by atoms with Crippen LogP contribution in [-0.2, 0) is 0 Å². The van der Waals surface area contributed by atoms with E-state index in [-0.39, 0.29) is 0 Å². The first-order valence-electron chi connectivity index (χ1n) is 6.12. The van der Waals surface area contributed by atoms with Crippen LogP contribution in [0.3, 0.4) is 0 Å². The zero-order chi connectivity index (χ0) is 13.9.